The predicted octanol–water partition coefficient (Wildman–Crippen LogP) is 3.62. The van der Waals surface area contributed by atoms with E-state index in [0.717, 1.165) is 5.69 Å². The molecule has 0 aromatic heterocycles. The monoisotopic (exact) mass is 237 g/mol. The van der Waals surface area contributed by atoms with Crippen molar-refractivity contribution in [1.82, 2.24) is 0 Å². The van der Waals surface area contributed by atoms with Gasteiger partial charge in [0.15, 0.2) is 0 Å². The standard InChI is InChI=1S/C7H5Cl2NS2/c8-5-2-1-4(3-6(5)9)10-7(11)12/h1-3H,(H2,10,11,12). The van der Waals surface area contributed by atoms with Gasteiger partial charge in [0.05, 0.1) is 10.0 Å². The van der Waals surface area contributed by atoms with Gasteiger partial charge in [0.25, 0.3) is 0 Å². The van der Waals surface area contributed by atoms with Crippen molar-refractivity contribution < 1.29 is 0 Å². The summed E-state index contributed by atoms with van der Waals surface area (Å²) in [5.41, 5.74) is 0.782. The molecule has 0 unspecified atom stereocenters. The highest BCUT2D eigenvalue weighted by Gasteiger charge is 1.98. The highest BCUT2D eigenvalue weighted by atomic mass is 35.5. The molecular weight excluding hydrogens is 233 g/mol. The molecule has 0 spiro atoms. The first-order valence-electron chi connectivity index (χ1n) is 3.04. The van der Waals surface area contributed by atoms with Crippen molar-refractivity contribution in [2.24, 2.45) is 0 Å². The minimum Gasteiger partial charge on any atom is -0.341 e. The number of hydrogen-bond donors (Lipinski definition) is 2. The summed E-state index contributed by atoms with van der Waals surface area (Å²) < 4.78 is 0.397. The molecule has 0 saturated carbocycles. The van der Waals surface area contributed by atoms with E-state index < -0.39 is 0 Å². The molecule has 12 heavy (non-hydrogen) atoms. The second-order valence-corrected chi connectivity index (χ2v) is 4.03. The van der Waals surface area contributed by atoms with Gasteiger partial charge in [-0.25, -0.2) is 0 Å². The predicted molar refractivity (Wildman–Crippen MR) is 61.7 cm³/mol. The lowest BCUT2D eigenvalue weighted by molar-refractivity contribution is 1.66. The van der Waals surface area contributed by atoms with Gasteiger partial charge in [0, 0.05) is 5.69 Å². The summed E-state index contributed by atoms with van der Waals surface area (Å²) in [4.78, 5) is 0. The van der Waals surface area contributed by atoms with Crippen molar-refractivity contribution in [2.45, 2.75) is 0 Å². The van der Waals surface area contributed by atoms with E-state index in [4.69, 9.17) is 35.4 Å². The number of halogens is 2. The van der Waals surface area contributed by atoms with E-state index in [1.807, 2.05) is 0 Å². The van der Waals surface area contributed by atoms with Gasteiger partial charge in [-0.3, -0.25) is 0 Å². The van der Waals surface area contributed by atoms with Crippen LogP contribution in [0.2, 0.25) is 10.0 Å². The van der Waals surface area contributed by atoms with Gasteiger partial charge < -0.3 is 5.32 Å². The van der Waals surface area contributed by atoms with Crippen molar-refractivity contribution in [1.29, 1.82) is 0 Å². The second kappa shape index (κ2) is 4.33. The lowest BCUT2D eigenvalue weighted by Crippen LogP contribution is -2.00. The SMILES string of the molecule is S=C(S)Nc1ccc(Cl)c(Cl)c1. The van der Waals surface area contributed by atoms with Gasteiger partial charge in [-0.2, -0.15) is 0 Å². The summed E-state index contributed by atoms with van der Waals surface area (Å²) in [5, 5.41) is 3.84. The number of benzene rings is 1. The largest absolute Gasteiger partial charge is 0.341 e. The molecule has 0 fully saturated rings. The van der Waals surface area contributed by atoms with Gasteiger partial charge in [0.1, 0.15) is 4.32 Å². The van der Waals surface area contributed by atoms with Gasteiger partial charge in [-0.1, -0.05) is 35.4 Å². The molecule has 0 aliphatic heterocycles. The molecule has 0 aliphatic carbocycles. The van der Waals surface area contributed by atoms with Crippen LogP contribution in [0.15, 0.2) is 18.2 Å². The molecule has 1 aromatic rings. The normalized spacial score (nSPS) is 9.58. The molecule has 0 atom stereocenters. The molecule has 0 amide bonds. The zero-order chi connectivity index (χ0) is 9.14. The first-order valence-corrected chi connectivity index (χ1v) is 4.66. The van der Waals surface area contributed by atoms with Crippen molar-refractivity contribution in [2.75, 3.05) is 5.32 Å². The Labute approximate surface area is 91.5 Å². The van der Waals surface area contributed by atoms with Crippen LogP contribution in [0.5, 0.6) is 0 Å². The van der Waals surface area contributed by atoms with Crippen molar-refractivity contribution in [3.05, 3.63) is 28.2 Å². The smallest absolute Gasteiger partial charge is 0.135 e. The van der Waals surface area contributed by atoms with Crippen molar-refractivity contribution in [3.63, 3.8) is 0 Å². The van der Waals surface area contributed by atoms with Gasteiger partial charge >= 0.3 is 0 Å². The molecule has 0 aliphatic rings. The summed E-state index contributed by atoms with van der Waals surface area (Å²) in [5.74, 6) is 0. The van der Waals surface area contributed by atoms with Crippen LogP contribution in [0.1, 0.15) is 0 Å². The Balaban J connectivity index is 2.89. The summed E-state index contributed by atoms with van der Waals surface area (Å²) in [7, 11) is 0. The van der Waals surface area contributed by atoms with E-state index in [1.54, 1.807) is 18.2 Å². The van der Waals surface area contributed by atoms with Crippen LogP contribution < -0.4 is 5.32 Å². The average Bonchev–Trinajstić information content (AvgIpc) is 1.96. The van der Waals surface area contributed by atoms with Crippen LogP contribution in [0.4, 0.5) is 5.69 Å². The Bertz CT molecular complexity index is 314. The van der Waals surface area contributed by atoms with E-state index >= 15 is 0 Å². The molecule has 1 rings (SSSR count). The fraction of sp³-hybridized carbons (Fsp3) is 0. The van der Waals surface area contributed by atoms with Crippen molar-refractivity contribution in [3.8, 4) is 0 Å². The number of thiol groups is 1. The fourth-order valence-corrected chi connectivity index (χ4v) is 1.24. The summed E-state index contributed by atoms with van der Waals surface area (Å²) in [6.07, 6.45) is 0. The Morgan fingerprint density at radius 3 is 2.50 bits per heavy atom. The average molecular weight is 238 g/mol. The minimum absolute atomic E-state index is 0.397. The molecule has 0 heterocycles. The topological polar surface area (TPSA) is 12.0 Å². The zero-order valence-electron chi connectivity index (χ0n) is 5.84. The lowest BCUT2D eigenvalue weighted by atomic mass is 10.3. The molecule has 5 heteroatoms. The first kappa shape index (κ1) is 10.1. The Morgan fingerprint density at radius 2 is 2.00 bits per heavy atom. The zero-order valence-corrected chi connectivity index (χ0v) is 9.07. The molecule has 0 radical (unpaired) electrons. The van der Waals surface area contributed by atoms with Crippen LogP contribution in [-0.2, 0) is 0 Å². The quantitative estimate of drug-likeness (QED) is 0.572. The Morgan fingerprint density at radius 1 is 1.33 bits per heavy atom. The van der Waals surface area contributed by atoms with Gasteiger partial charge in [-0.15, -0.1) is 12.6 Å². The van der Waals surface area contributed by atoms with Crippen LogP contribution in [0.25, 0.3) is 0 Å². The highest BCUT2D eigenvalue weighted by molar-refractivity contribution is 8.11. The molecule has 0 saturated heterocycles. The van der Waals surface area contributed by atoms with Crippen LogP contribution >= 0.6 is 48.0 Å². The maximum absolute atomic E-state index is 5.76. The van der Waals surface area contributed by atoms with Crippen LogP contribution in [0, 0.1) is 0 Å². The summed E-state index contributed by atoms with van der Waals surface area (Å²) >= 11 is 20.1. The number of nitrogens with one attached hydrogen (secondary N) is 1. The molecular formula is C7H5Cl2NS2. The molecule has 64 valence electrons. The van der Waals surface area contributed by atoms with E-state index in [1.165, 1.54) is 0 Å². The number of thiocarbonyl (C=S) groups is 1. The summed E-state index contributed by atoms with van der Waals surface area (Å²) in [6, 6.07) is 5.15. The Hall–Kier alpha value is 0.0400. The molecule has 1 nitrogen and oxygen atoms in total. The lowest BCUT2D eigenvalue weighted by Gasteiger charge is -2.03. The highest BCUT2D eigenvalue weighted by Crippen LogP contribution is 2.25. The number of anilines is 1. The Kier molecular flexibility index (Phi) is 3.65. The third kappa shape index (κ3) is 2.83. The third-order valence-electron chi connectivity index (χ3n) is 1.17. The van der Waals surface area contributed by atoms with E-state index in [-0.39, 0.29) is 0 Å². The maximum Gasteiger partial charge on any atom is 0.135 e. The van der Waals surface area contributed by atoms with E-state index in [9.17, 15) is 0 Å². The summed E-state index contributed by atoms with van der Waals surface area (Å²) in [6.45, 7) is 0. The van der Waals surface area contributed by atoms with Crippen LogP contribution in [0.3, 0.4) is 0 Å². The first-order chi connectivity index (χ1) is 5.59. The van der Waals surface area contributed by atoms with E-state index in [2.05, 4.69) is 17.9 Å². The molecule has 0 bridgehead atoms. The number of hydrogen-bond acceptors (Lipinski definition) is 1. The maximum atomic E-state index is 5.76. The van der Waals surface area contributed by atoms with Gasteiger partial charge in [0.2, 0.25) is 0 Å². The van der Waals surface area contributed by atoms with Crippen molar-refractivity contribution >= 4 is 58.1 Å². The van der Waals surface area contributed by atoms with Gasteiger partial charge in [-0.05, 0) is 18.2 Å². The minimum atomic E-state index is 0.397. The van der Waals surface area contributed by atoms with E-state index in [0.29, 0.717) is 14.4 Å². The fourth-order valence-electron chi connectivity index (χ4n) is 0.697. The number of rotatable bonds is 1. The third-order valence-corrected chi connectivity index (χ3v) is 2.12. The molecule has 1 aromatic carbocycles. The molecule has 1 N–H and O–H groups in total. The van der Waals surface area contributed by atoms with Crippen LogP contribution in [-0.4, -0.2) is 4.32 Å². The second-order valence-electron chi connectivity index (χ2n) is 2.06.